The summed E-state index contributed by atoms with van der Waals surface area (Å²) < 4.78 is 5.13. The first-order valence-electron chi connectivity index (χ1n) is 10.3. The number of para-hydroxylation sites is 1. The van der Waals surface area contributed by atoms with Crippen molar-refractivity contribution in [3.63, 3.8) is 0 Å². The Morgan fingerprint density at radius 1 is 1.07 bits per heavy atom. The van der Waals surface area contributed by atoms with Gasteiger partial charge in [-0.25, -0.2) is 0 Å². The second kappa shape index (κ2) is 10.2. The van der Waals surface area contributed by atoms with Gasteiger partial charge in [-0.3, -0.25) is 9.59 Å². The molecule has 0 aromatic heterocycles. The number of anilines is 1. The largest absolute Gasteiger partial charge is 0.469 e. The average molecular weight is 395 g/mol. The normalized spacial score (nSPS) is 19.5. The third-order valence-electron chi connectivity index (χ3n) is 5.66. The molecule has 0 spiro atoms. The van der Waals surface area contributed by atoms with Crippen LogP contribution in [-0.2, 0) is 20.7 Å². The monoisotopic (exact) mass is 394 g/mol. The van der Waals surface area contributed by atoms with Crippen molar-refractivity contribution in [1.29, 1.82) is 0 Å². The maximum atomic E-state index is 12.8. The van der Waals surface area contributed by atoms with Gasteiger partial charge in [0.2, 0.25) is 5.91 Å². The number of nitrogens with zero attached hydrogens (tertiary/aromatic N) is 2. The van der Waals surface area contributed by atoms with Crippen molar-refractivity contribution in [2.75, 3.05) is 31.6 Å². The molecule has 1 amide bonds. The van der Waals surface area contributed by atoms with Crippen molar-refractivity contribution in [3.8, 4) is 0 Å². The van der Waals surface area contributed by atoms with Gasteiger partial charge in [0, 0.05) is 31.7 Å². The molecule has 1 aliphatic heterocycles. The van der Waals surface area contributed by atoms with E-state index in [1.54, 1.807) is 0 Å². The predicted molar refractivity (Wildman–Crippen MR) is 115 cm³/mol. The van der Waals surface area contributed by atoms with Crippen LogP contribution in [0.5, 0.6) is 0 Å². The van der Waals surface area contributed by atoms with E-state index in [0.29, 0.717) is 13.0 Å². The van der Waals surface area contributed by atoms with Crippen LogP contribution >= 0.6 is 0 Å². The van der Waals surface area contributed by atoms with E-state index in [2.05, 4.69) is 17.0 Å². The number of hydrogen-bond donors (Lipinski definition) is 0. The van der Waals surface area contributed by atoms with Crippen LogP contribution in [0.1, 0.15) is 25.3 Å². The fourth-order valence-corrected chi connectivity index (χ4v) is 4.11. The van der Waals surface area contributed by atoms with E-state index < -0.39 is 0 Å². The molecule has 29 heavy (non-hydrogen) atoms. The topological polar surface area (TPSA) is 49.9 Å². The van der Waals surface area contributed by atoms with E-state index >= 15 is 0 Å². The fraction of sp³-hybridized carbons (Fsp3) is 0.417. The number of hydrogen-bond acceptors (Lipinski definition) is 4. The summed E-state index contributed by atoms with van der Waals surface area (Å²) in [6, 6.07) is 19.8. The lowest BCUT2D eigenvalue weighted by molar-refractivity contribution is -0.148. The van der Waals surface area contributed by atoms with Crippen molar-refractivity contribution >= 4 is 17.6 Å². The van der Waals surface area contributed by atoms with Crippen LogP contribution in [0.3, 0.4) is 0 Å². The summed E-state index contributed by atoms with van der Waals surface area (Å²) in [4.78, 5) is 29.6. The number of benzene rings is 2. The summed E-state index contributed by atoms with van der Waals surface area (Å²) in [6.45, 7) is 4.20. The lowest BCUT2D eigenvalue weighted by atomic mass is 9.89. The molecule has 5 heteroatoms. The Hall–Kier alpha value is -2.66. The first-order valence-corrected chi connectivity index (χ1v) is 10.3. The minimum absolute atomic E-state index is 0.0350. The average Bonchev–Trinajstić information content (AvgIpc) is 2.79. The molecule has 1 fully saturated rings. The number of carbonyl (C=O) groups excluding carboxylic acids is 2. The zero-order valence-corrected chi connectivity index (χ0v) is 17.3. The number of esters is 1. The molecular weight excluding hydrogens is 364 g/mol. The number of likely N-dealkylation sites (tertiary alicyclic amines) is 1. The van der Waals surface area contributed by atoms with Gasteiger partial charge in [-0.2, -0.15) is 0 Å². The predicted octanol–water partition coefficient (Wildman–Crippen LogP) is 3.54. The lowest BCUT2D eigenvalue weighted by Crippen LogP contribution is -2.56. The maximum absolute atomic E-state index is 12.8. The third kappa shape index (κ3) is 5.24. The van der Waals surface area contributed by atoms with Gasteiger partial charge in [0.15, 0.2) is 0 Å². The van der Waals surface area contributed by atoms with Crippen LogP contribution in [0.15, 0.2) is 60.7 Å². The SMILES string of the molecule is CCC(=O)N(c1ccccc1)[C@@H]1CCN(CCc2ccccc2)C[C@@H]1C(=O)OC. The van der Waals surface area contributed by atoms with Crippen molar-refractivity contribution in [3.05, 3.63) is 66.2 Å². The highest BCUT2D eigenvalue weighted by Crippen LogP contribution is 2.29. The maximum Gasteiger partial charge on any atom is 0.312 e. The Morgan fingerprint density at radius 3 is 2.34 bits per heavy atom. The summed E-state index contributed by atoms with van der Waals surface area (Å²) in [6.07, 6.45) is 2.09. The van der Waals surface area contributed by atoms with Crippen molar-refractivity contribution in [2.24, 2.45) is 5.92 Å². The molecule has 2 aromatic carbocycles. The number of piperidine rings is 1. The highest BCUT2D eigenvalue weighted by molar-refractivity contribution is 5.94. The first-order chi connectivity index (χ1) is 14.1. The summed E-state index contributed by atoms with van der Waals surface area (Å²) in [7, 11) is 1.43. The zero-order valence-electron chi connectivity index (χ0n) is 17.3. The molecule has 0 saturated carbocycles. The van der Waals surface area contributed by atoms with Gasteiger partial charge in [-0.05, 0) is 30.5 Å². The minimum Gasteiger partial charge on any atom is -0.469 e. The summed E-state index contributed by atoms with van der Waals surface area (Å²) in [5.74, 6) is -0.572. The molecule has 1 heterocycles. The van der Waals surface area contributed by atoms with E-state index in [9.17, 15) is 9.59 Å². The number of ether oxygens (including phenoxy) is 1. The van der Waals surface area contributed by atoms with Crippen molar-refractivity contribution < 1.29 is 14.3 Å². The van der Waals surface area contributed by atoms with Gasteiger partial charge in [-0.1, -0.05) is 55.5 Å². The summed E-state index contributed by atoms with van der Waals surface area (Å²) >= 11 is 0. The van der Waals surface area contributed by atoms with Gasteiger partial charge in [0.1, 0.15) is 0 Å². The van der Waals surface area contributed by atoms with E-state index in [1.165, 1.54) is 12.7 Å². The van der Waals surface area contributed by atoms with E-state index in [0.717, 1.165) is 31.6 Å². The second-order valence-corrected chi connectivity index (χ2v) is 7.47. The lowest BCUT2D eigenvalue weighted by Gasteiger charge is -2.42. The molecule has 0 radical (unpaired) electrons. The molecule has 0 unspecified atom stereocenters. The molecule has 1 saturated heterocycles. The molecule has 2 atom stereocenters. The molecular formula is C24H30N2O3. The van der Waals surface area contributed by atoms with Gasteiger partial charge >= 0.3 is 5.97 Å². The Kier molecular flexibility index (Phi) is 7.42. The van der Waals surface area contributed by atoms with Crippen LogP contribution in [0.2, 0.25) is 0 Å². The van der Waals surface area contributed by atoms with Gasteiger partial charge in [-0.15, -0.1) is 0 Å². The molecule has 0 bridgehead atoms. The summed E-state index contributed by atoms with van der Waals surface area (Å²) in [5, 5.41) is 0. The van der Waals surface area contributed by atoms with Gasteiger partial charge in [0.05, 0.1) is 19.1 Å². The molecule has 1 aliphatic rings. The standard InChI is InChI=1S/C24H30N2O3/c1-3-23(27)26(20-12-8-5-9-13-20)22-15-17-25(18-21(22)24(28)29-2)16-14-19-10-6-4-7-11-19/h4-13,21-22H,3,14-18H2,1-2H3/t21-,22+/m0/s1. The molecule has 0 aliphatic carbocycles. The third-order valence-corrected chi connectivity index (χ3v) is 5.66. The Balaban J connectivity index is 1.77. The number of amides is 1. The highest BCUT2D eigenvalue weighted by atomic mass is 16.5. The Labute approximate surface area is 173 Å². The minimum atomic E-state index is -0.361. The van der Waals surface area contributed by atoms with Crippen LogP contribution in [-0.4, -0.2) is 49.6 Å². The molecule has 154 valence electrons. The molecule has 2 aromatic rings. The summed E-state index contributed by atoms with van der Waals surface area (Å²) in [5.41, 5.74) is 2.13. The molecule has 0 N–H and O–H groups in total. The molecule has 3 rings (SSSR count). The van der Waals surface area contributed by atoms with Crippen molar-refractivity contribution in [2.45, 2.75) is 32.2 Å². The smallest absolute Gasteiger partial charge is 0.312 e. The second-order valence-electron chi connectivity index (χ2n) is 7.47. The van der Waals surface area contributed by atoms with E-state index in [4.69, 9.17) is 4.74 Å². The number of rotatable bonds is 7. The van der Waals surface area contributed by atoms with Crippen LogP contribution < -0.4 is 4.90 Å². The Morgan fingerprint density at radius 2 is 1.72 bits per heavy atom. The Bertz CT molecular complexity index is 794. The van der Waals surface area contributed by atoms with E-state index in [1.807, 2.05) is 60.4 Å². The zero-order chi connectivity index (χ0) is 20.6. The number of methoxy groups -OCH3 is 1. The van der Waals surface area contributed by atoms with E-state index in [-0.39, 0.29) is 23.8 Å². The highest BCUT2D eigenvalue weighted by Gasteiger charge is 2.40. The van der Waals surface area contributed by atoms with Crippen LogP contribution in [0, 0.1) is 5.92 Å². The first kappa shape index (κ1) is 21.1. The van der Waals surface area contributed by atoms with Crippen LogP contribution in [0.25, 0.3) is 0 Å². The van der Waals surface area contributed by atoms with Gasteiger partial charge < -0.3 is 14.5 Å². The molecule has 5 nitrogen and oxygen atoms in total. The quantitative estimate of drug-likeness (QED) is 0.674. The van der Waals surface area contributed by atoms with Crippen molar-refractivity contribution in [1.82, 2.24) is 4.90 Å². The van der Waals surface area contributed by atoms with Crippen LogP contribution in [0.4, 0.5) is 5.69 Å². The fourth-order valence-electron chi connectivity index (χ4n) is 4.11. The number of carbonyl (C=O) groups is 2. The van der Waals surface area contributed by atoms with Gasteiger partial charge in [0.25, 0.3) is 0 Å².